The fourth-order valence-corrected chi connectivity index (χ4v) is 2.15. The van der Waals surface area contributed by atoms with E-state index < -0.39 is 0 Å². The van der Waals surface area contributed by atoms with Crippen LogP contribution in [0.2, 0.25) is 0 Å². The maximum absolute atomic E-state index is 11.1. The van der Waals surface area contributed by atoms with Crippen molar-refractivity contribution < 1.29 is 9.53 Å². The minimum absolute atomic E-state index is 0.163. The highest BCUT2D eigenvalue weighted by Gasteiger charge is 2.02. The standard InChI is InChI=1S/C18H20O2/c1-3-14-4-9-16(10-5-14)17-11-6-15(7-12-17)8-13-18(19)20-2/h4-7,9-12H,3,8,13H2,1-2H3. The van der Waals surface area contributed by atoms with Crippen LogP contribution in [0.25, 0.3) is 11.1 Å². The number of hydrogen-bond donors (Lipinski definition) is 0. The lowest BCUT2D eigenvalue weighted by Gasteiger charge is -2.05. The zero-order chi connectivity index (χ0) is 14.4. The average Bonchev–Trinajstić information content (AvgIpc) is 2.53. The third-order valence-electron chi connectivity index (χ3n) is 3.49. The third-order valence-corrected chi connectivity index (χ3v) is 3.49. The second-order valence-electron chi connectivity index (χ2n) is 4.82. The maximum Gasteiger partial charge on any atom is 0.305 e. The first-order valence-corrected chi connectivity index (χ1v) is 6.98. The number of benzene rings is 2. The van der Waals surface area contributed by atoms with Gasteiger partial charge in [-0.1, -0.05) is 55.5 Å². The van der Waals surface area contributed by atoms with Crippen molar-refractivity contribution in [1.82, 2.24) is 0 Å². The van der Waals surface area contributed by atoms with E-state index in [0.29, 0.717) is 6.42 Å². The number of carbonyl (C=O) groups is 1. The van der Waals surface area contributed by atoms with Crippen LogP contribution in [0.15, 0.2) is 48.5 Å². The summed E-state index contributed by atoms with van der Waals surface area (Å²) in [7, 11) is 1.42. The summed E-state index contributed by atoms with van der Waals surface area (Å²) in [5.74, 6) is -0.163. The molecule has 2 aromatic carbocycles. The number of esters is 1. The van der Waals surface area contributed by atoms with E-state index in [0.717, 1.165) is 18.4 Å². The van der Waals surface area contributed by atoms with Crippen LogP contribution >= 0.6 is 0 Å². The van der Waals surface area contributed by atoms with Crippen LogP contribution in [0.1, 0.15) is 24.5 Å². The van der Waals surface area contributed by atoms with Crippen LogP contribution < -0.4 is 0 Å². The maximum atomic E-state index is 11.1. The quantitative estimate of drug-likeness (QED) is 0.765. The Kier molecular flexibility index (Phi) is 4.94. The predicted octanol–water partition coefficient (Wildman–Crippen LogP) is 4.02. The first kappa shape index (κ1) is 14.3. The topological polar surface area (TPSA) is 26.3 Å². The van der Waals surface area contributed by atoms with Gasteiger partial charge in [0.1, 0.15) is 0 Å². The van der Waals surface area contributed by atoms with Crippen molar-refractivity contribution in [2.24, 2.45) is 0 Å². The summed E-state index contributed by atoms with van der Waals surface area (Å²) in [4.78, 5) is 11.1. The zero-order valence-electron chi connectivity index (χ0n) is 12.1. The number of rotatable bonds is 5. The van der Waals surface area contributed by atoms with E-state index in [1.165, 1.54) is 23.8 Å². The van der Waals surface area contributed by atoms with Gasteiger partial charge in [-0.25, -0.2) is 0 Å². The van der Waals surface area contributed by atoms with Crippen LogP contribution in [0.5, 0.6) is 0 Å². The molecule has 0 aliphatic rings. The third kappa shape index (κ3) is 3.70. The molecule has 2 aromatic rings. The molecule has 0 spiro atoms. The Morgan fingerprint density at radius 1 is 0.900 bits per heavy atom. The van der Waals surface area contributed by atoms with Gasteiger partial charge in [0, 0.05) is 6.42 Å². The second kappa shape index (κ2) is 6.90. The number of ether oxygens (including phenoxy) is 1. The lowest BCUT2D eigenvalue weighted by Crippen LogP contribution is -2.01. The number of aryl methyl sites for hydroxylation is 2. The number of hydrogen-bond acceptors (Lipinski definition) is 2. The molecule has 2 nitrogen and oxygen atoms in total. The molecule has 0 heterocycles. The molecule has 0 amide bonds. The largest absolute Gasteiger partial charge is 0.469 e. The first-order chi connectivity index (χ1) is 9.72. The van der Waals surface area contributed by atoms with Crippen molar-refractivity contribution in [2.45, 2.75) is 26.2 Å². The summed E-state index contributed by atoms with van der Waals surface area (Å²) in [5, 5.41) is 0. The van der Waals surface area contributed by atoms with E-state index in [1.54, 1.807) is 0 Å². The molecule has 0 fully saturated rings. The second-order valence-corrected chi connectivity index (χ2v) is 4.82. The molecule has 0 bridgehead atoms. The molecule has 2 heteroatoms. The van der Waals surface area contributed by atoms with Gasteiger partial charge in [-0.3, -0.25) is 4.79 Å². The average molecular weight is 268 g/mol. The van der Waals surface area contributed by atoms with E-state index in [1.807, 2.05) is 0 Å². The molecule has 0 aromatic heterocycles. The highest BCUT2D eigenvalue weighted by Crippen LogP contribution is 2.21. The van der Waals surface area contributed by atoms with Crippen molar-refractivity contribution in [2.75, 3.05) is 7.11 Å². The number of carbonyl (C=O) groups excluding carboxylic acids is 1. The van der Waals surface area contributed by atoms with Gasteiger partial charge in [-0.2, -0.15) is 0 Å². The van der Waals surface area contributed by atoms with E-state index in [-0.39, 0.29) is 5.97 Å². The Morgan fingerprint density at radius 2 is 1.40 bits per heavy atom. The van der Waals surface area contributed by atoms with Gasteiger partial charge in [0.2, 0.25) is 0 Å². The molecule has 0 radical (unpaired) electrons. The van der Waals surface area contributed by atoms with Gasteiger partial charge in [-0.15, -0.1) is 0 Å². The molecule has 20 heavy (non-hydrogen) atoms. The van der Waals surface area contributed by atoms with Crippen LogP contribution in [0, 0.1) is 0 Å². The van der Waals surface area contributed by atoms with Gasteiger partial charge in [0.25, 0.3) is 0 Å². The van der Waals surface area contributed by atoms with Gasteiger partial charge >= 0.3 is 5.97 Å². The molecule has 0 unspecified atom stereocenters. The minimum Gasteiger partial charge on any atom is -0.469 e. The van der Waals surface area contributed by atoms with Crippen molar-refractivity contribution in [1.29, 1.82) is 0 Å². The smallest absolute Gasteiger partial charge is 0.305 e. The molecule has 0 saturated heterocycles. The van der Waals surface area contributed by atoms with Crippen molar-refractivity contribution in [3.05, 3.63) is 59.7 Å². The Hall–Kier alpha value is -2.09. The molecule has 0 saturated carbocycles. The summed E-state index contributed by atoms with van der Waals surface area (Å²) < 4.78 is 4.65. The van der Waals surface area contributed by atoms with Crippen LogP contribution in [-0.4, -0.2) is 13.1 Å². The summed E-state index contributed by atoms with van der Waals surface area (Å²) in [6, 6.07) is 17.0. The van der Waals surface area contributed by atoms with Gasteiger partial charge in [-0.05, 0) is 35.1 Å². The lowest BCUT2D eigenvalue weighted by molar-refractivity contribution is -0.140. The lowest BCUT2D eigenvalue weighted by atomic mass is 10.0. The molecule has 0 aliphatic carbocycles. The Balaban J connectivity index is 2.05. The highest BCUT2D eigenvalue weighted by atomic mass is 16.5. The fourth-order valence-electron chi connectivity index (χ4n) is 2.15. The zero-order valence-corrected chi connectivity index (χ0v) is 12.1. The normalized spacial score (nSPS) is 10.3. The molecule has 0 aliphatic heterocycles. The Labute approximate surface area is 120 Å². The van der Waals surface area contributed by atoms with Gasteiger partial charge < -0.3 is 4.74 Å². The Morgan fingerprint density at radius 3 is 1.85 bits per heavy atom. The number of methoxy groups -OCH3 is 1. The van der Waals surface area contributed by atoms with E-state index >= 15 is 0 Å². The van der Waals surface area contributed by atoms with E-state index in [2.05, 4.69) is 60.2 Å². The van der Waals surface area contributed by atoms with Crippen molar-refractivity contribution in [3.8, 4) is 11.1 Å². The SMILES string of the molecule is CCc1ccc(-c2ccc(CCC(=O)OC)cc2)cc1. The molecule has 2 rings (SSSR count). The van der Waals surface area contributed by atoms with Crippen LogP contribution in [0.4, 0.5) is 0 Å². The molecule has 104 valence electrons. The fraction of sp³-hybridized carbons (Fsp3) is 0.278. The predicted molar refractivity (Wildman–Crippen MR) is 81.6 cm³/mol. The molecule has 0 atom stereocenters. The summed E-state index contributed by atoms with van der Waals surface area (Å²) >= 11 is 0. The van der Waals surface area contributed by atoms with Crippen molar-refractivity contribution >= 4 is 5.97 Å². The van der Waals surface area contributed by atoms with Crippen LogP contribution in [0.3, 0.4) is 0 Å². The summed E-state index contributed by atoms with van der Waals surface area (Å²) in [6.07, 6.45) is 2.22. The monoisotopic (exact) mass is 268 g/mol. The first-order valence-electron chi connectivity index (χ1n) is 6.98. The molecular weight excluding hydrogens is 248 g/mol. The van der Waals surface area contributed by atoms with E-state index in [4.69, 9.17) is 0 Å². The minimum atomic E-state index is -0.163. The van der Waals surface area contributed by atoms with Crippen LogP contribution in [-0.2, 0) is 22.4 Å². The summed E-state index contributed by atoms with van der Waals surface area (Å²) in [6.45, 7) is 2.16. The molecular formula is C18H20O2. The van der Waals surface area contributed by atoms with Crippen molar-refractivity contribution in [3.63, 3.8) is 0 Å². The highest BCUT2D eigenvalue weighted by molar-refractivity contribution is 5.69. The van der Waals surface area contributed by atoms with Gasteiger partial charge in [0.15, 0.2) is 0 Å². The van der Waals surface area contributed by atoms with Gasteiger partial charge in [0.05, 0.1) is 7.11 Å². The molecule has 0 N–H and O–H groups in total. The summed E-state index contributed by atoms with van der Waals surface area (Å²) in [5.41, 5.74) is 4.93. The van der Waals surface area contributed by atoms with E-state index in [9.17, 15) is 4.79 Å². The Bertz CT molecular complexity index is 553.